The Morgan fingerprint density at radius 3 is 2.53 bits per heavy atom. The van der Waals surface area contributed by atoms with Crippen molar-refractivity contribution >= 4 is 17.7 Å². The second-order valence-electron chi connectivity index (χ2n) is 3.45. The molecule has 0 aromatic heterocycles. The molecule has 0 heterocycles. The zero-order chi connectivity index (χ0) is 14.3. The van der Waals surface area contributed by atoms with E-state index < -0.39 is 30.0 Å². The number of nitrogens with two attached hydrogens (primary N) is 1. The number of halogens is 2. The van der Waals surface area contributed by atoms with Crippen LogP contribution in [0.5, 0.6) is 5.75 Å². The molecule has 0 saturated heterocycles. The Kier molecular flexibility index (Phi) is 6.58. The molecule has 0 atom stereocenters. The van der Waals surface area contributed by atoms with Crippen LogP contribution < -0.4 is 10.5 Å². The summed E-state index contributed by atoms with van der Waals surface area (Å²) in [6.45, 7) is 1.69. The monoisotopic (exact) mass is 291 g/mol. The minimum atomic E-state index is -0.858. The van der Waals surface area contributed by atoms with E-state index in [9.17, 15) is 13.6 Å². The molecule has 7 heteroatoms. The van der Waals surface area contributed by atoms with E-state index in [0.29, 0.717) is 17.2 Å². The van der Waals surface area contributed by atoms with E-state index >= 15 is 0 Å². The van der Waals surface area contributed by atoms with Crippen molar-refractivity contribution in [3.05, 3.63) is 23.8 Å². The number of thioether (sulfide) groups is 1. The van der Waals surface area contributed by atoms with E-state index in [2.05, 4.69) is 4.74 Å². The fourth-order valence-electron chi connectivity index (χ4n) is 1.27. The van der Waals surface area contributed by atoms with Crippen LogP contribution in [0.15, 0.2) is 17.0 Å². The van der Waals surface area contributed by atoms with E-state index in [1.165, 1.54) is 11.8 Å². The largest absolute Gasteiger partial charge is 0.476 e. The second kappa shape index (κ2) is 7.96. The number of ether oxygens (including phenoxy) is 2. The highest BCUT2D eigenvalue weighted by molar-refractivity contribution is 7.99. The number of esters is 1. The second-order valence-corrected chi connectivity index (χ2v) is 4.62. The van der Waals surface area contributed by atoms with Crippen molar-refractivity contribution in [2.45, 2.75) is 11.8 Å². The number of benzene rings is 1. The number of rotatable bonds is 7. The van der Waals surface area contributed by atoms with Crippen molar-refractivity contribution in [2.75, 3.05) is 25.5 Å². The van der Waals surface area contributed by atoms with Crippen LogP contribution in [0.3, 0.4) is 0 Å². The third-order valence-corrected chi connectivity index (χ3v) is 3.01. The van der Waals surface area contributed by atoms with Crippen LogP contribution in [0.2, 0.25) is 0 Å². The SMILES string of the molecule is CCOC(=O)COc1c(F)cc(SCCN)cc1F. The summed E-state index contributed by atoms with van der Waals surface area (Å²) in [6.07, 6.45) is 0. The molecule has 0 radical (unpaired) electrons. The van der Waals surface area contributed by atoms with Gasteiger partial charge in [0.1, 0.15) is 0 Å². The van der Waals surface area contributed by atoms with Gasteiger partial charge in [-0.25, -0.2) is 13.6 Å². The highest BCUT2D eigenvalue weighted by atomic mass is 32.2. The zero-order valence-corrected chi connectivity index (χ0v) is 11.3. The molecule has 0 aliphatic rings. The predicted octanol–water partition coefficient (Wildman–Crippen LogP) is 1.96. The van der Waals surface area contributed by atoms with Crippen LogP contribution in [-0.4, -0.2) is 31.5 Å². The molecular formula is C12H15F2NO3S. The fraction of sp³-hybridized carbons (Fsp3) is 0.417. The lowest BCUT2D eigenvalue weighted by atomic mass is 10.3. The normalized spacial score (nSPS) is 10.3. The number of carbonyl (C=O) groups excluding carboxylic acids is 1. The summed E-state index contributed by atoms with van der Waals surface area (Å²) >= 11 is 1.24. The molecule has 2 N–H and O–H groups in total. The molecule has 106 valence electrons. The Labute approximate surface area is 114 Å². The predicted molar refractivity (Wildman–Crippen MR) is 68.3 cm³/mol. The van der Waals surface area contributed by atoms with Crippen molar-refractivity contribution in [1.29, 1.82) is 0 Å². The van der Waals surface area contributed by atoms with Crippen molar-refractivity contribution in [3.63, 3.8) is 0 Å². The van der Waals surface area contributed by atoms with Crippen LogP contribution in [0, 0.1) is 11.6 Å². The quantitative estimate of drug-likeness (QED) is 0.614. The van der Waals surface area contributed by atoms with Gasteiger partial charge in [-0.1, -0.05) is 0 Å². The standard InChI is InChI=1S/C12H15F2NO3S/c1-2-17-11(16)7-18-12-9(13)5-8(6-10(12)14)19-4-3-15/h5-6H,2-4,7,15H2,1H3. The van der Waals surface area contributed by atoms with Gasteiger partial charge in [0.25, 0.3) is 0 Å². The molecule has 1 aromatic rings. The maximum Gasteiger partial charge on any atom is 0.344 e. The first-order valence-electron chi connectivity index (χ1n) is 5.68. The van der Waals surface area contributed by atoms with Gasteiger partial charge >= 0.3 is 5.97 Å². The molecular weight excluding hydrogens is 276 g/mol. The van der Waals surface area contributed by atoms with Gasteiger partial charge < -0.3 is 15.2 Å². The molecule has 0 saturated carbocycles. The minimum Gasteiger partial charge on any atom is -0.476 e. The summed E-state index contributed by atoms with van der Waals surface area (Å²) < 4.78 is 36.6. The highest BCUT2D eigenvalue weighted by Crippen LogP contribution is 2.28. The van der Waals surface area contributed by atoms with E-state index in [0.717, 1.165) is 12.1 Å². The smallest absolute Gasteiger partial charge is 0.344 e. The summed E-state index contributed by atoms with van der Waals surface area (Å²) in [5.74, 6) is -2.41. The first-order chi connectivity index (χ1) is 9.08. The Bertz CT molecular complexity index is 420. The Morgan fingerprint density at radius 1 is 1.37 bits per heavy atom. The third kappa shape index (κ3) is 5.04. The molecule has 0 amide bonds. The van der Waals surface area contributed by atoms with Gasteiger partial charge in [-0.3, -0.25) is 0 Å². The number of carbonyl (C=O) groups is 1. The van der Waals surface area contributed by atoms with E-state index in [1.807, 2.05) is 0 Å². The molecule has 1 aromatic carbocycles. The fourth-order valence-corrected chi connectivity index (χ4v) is 2.00. The molecule has 0 bridgehead atoms. The first-order valence-corrected chi connectivity index (χ1v) is 6.67. The van der Waals surface area contributed by atoms with Crippen LogP contribution in [-0.2, 0) is 9.53 Å². The summed E-state index contributed by atoms with van der Waals surface area (Å²) in [7, 11) is 0. The Balaban J connectivity index is 2.71. The summed E-state index contributed by atoms with van der Waals surface area (Å²) in [5.41, 5.74) is 5.31. The average molecular weight is 291 g/mol. The van der Waals surface area contributed by atoms with E-state index in [-0.39, 0.29) is 6.61 Å². The molecule has 1 rings (SSSR count). The van der Waals surface area contributed by atoms with Crippen LogP contribution in [0.1, 0.15) is 6.92 Å². The molecule has 0 spiro atoms. The van der Waals surface area contributed by atoms with Gasteiger partial charge in [0.15, 0.2) is 24.0 Å². The van der Waals surface area contributed by atoms with Crippen molar-refractivity contribution < 1.29 is 23.0 Å². The summed E-state index contributed by atoms with van der Waals surface area (Å²) in [4.78, 5) is 11.5. The maximum atomic E-state index is 13.6. The van der Waals surface area contributed by atoms with Crippen molar-refractivity contribution in [1.82, 2.24) is 0 Å². The molecule has 0 aliphatic carbocycles. The van der Waals surface area contributed by atoms with E-state index in [4.69, 9.17) is 10.5 Å². The maximum absolute atomic E-state index is 13.6. The highest BCUT2D eigenvalue weighted by Gasteiger charge is 2.14. The molecule has 0 fully saturated rings. The molecule has 4 nitrogen and oxygen atoms in total. The van der Waals surface area contributed by atoms with Gasteiger partial charge in [-0.15, -0.1) is 11.8 Å². The van der Waals surface area contributed by atoms with Crippen molar-refractivity contribution in [2.24, 2.45) is 5.73 Å². The minimum absolute atomic E-state index is 0.182. The number of hydrogen-bond donors (Lipinski definition) is 1. The summed E-state index contributed by atoms with van der Waals surface area (Å²) in [5, 5.41) is 0. The van der Waals surface area contributed by atoms with Crippen LogP contribution >= 0.6 is 11.8 Å². The van der Waals surface area contributed by atoms with Crippen molar-refractivity contribution in [3.8, 4) is 5.75 Å². The lowest BCUT2D eigenvalue weighted by Gasteiger charge is -2.09. The van der Waals surface area contributed by atoms with Gasteiger partial charge in [-0.2, -0.15) is 0 Å². The molecule has 19 heavy (non-hydrogen) atoms. The molecule has 0 aliphatic heterocycles. The topological polar surface area (TPSA) is 61.5 Å². The lowest BCUT2D eigenvalue weighted by Crippen LogP contribution is -2.15. The van der Waals surface area contributed by atoms with E-state index in [1.54, 1.807) is 6.92 Å². The van der Waals surface area contributed by atoms with Gasteiger partial charge in [0, 0.05) is 17.2 Å². The van der Waals surface area contributed by atoms with Gasteiger partial charge in [0.2, 0.25) is 0 Å². The first kappa shape index (κ1) is 15.7. The Hall–Kier alpha value is -1.34. The van der Waals surface area contributed by atoms with Gasteiger partial charge in [0.05, 0.1) is 6.61 Å². The average Bonchev–Trinajstić information content (AvgIpc) is 2.35. The lowest BCUT2D eigenvalue weighted by molar-refractivity contribution is -0.145. The zero-order valence-electron chi connectivity index (χ0n) is 10.4. The third-order valence-electron chi connectivity index (χ3n) is 2.00. The molecule has 0 unspecified atom stereocenters. The van der Waals surface area contributed by atoms with Crippen LogP contribution in [0.4, 0.5) is 8.78 Å². The van der Waals surface area contributed by atoms with Crippen LogP contribution in [0.25, 0.3) is 0 Å². The summed E-state index contributed by atoms with van der Waals surface area (Å²) in [6, 6.07) is 2.29. The number of hydrogen-bond acceptors (Lipinski definition) is 5. The Morgan fingerprint density at radius 2 is 2.00 bits per heavy atom. The van der Waals surface area contributed by atoms with Gasteiger partial charge in [-0.05, 0) is 19.1 Å².